The lowest BCUT2D eigenvalue weighted by Crippen LogP contribution is -2.15. The molecule has 27 heavy (non-hydrogen) atoms. The van der Waals surface area contributed by atoms with Crippen molar-refractivity contribution in [3.8, 4) is 6.07 Å². The minimum Gasteiger partial charge on any atom is -0.316 e. The van der Waals surface area contributed by atoms with Gasteiger partial charge < -0.3 is 9.88 Å². The third-order valence-electron chi connectivity index (χ3n) is 5.21. The summed E-state index contributed by atoms with van der Waals surface area (Å²) in [6.45, 7) is 5.14. The number of aromatic nitrogens is 3. The van der Waals surface area contributed by atoms with Crippen molar-refractivity contribution >= 4 is 34.0 Å². The molecular formula is C19H23N5OS2. The van der Waals surface area contributed by atoms with Crippen LogP contribution in [0.2, 0.25) is 0 Å². The molecule has 2 aromatic rings. The first-order valence-electron chi connectivity index (χ1n) is 9.51. The Labute approximate surface area is 167 Å². The molecule has 142 valence electrons. The van der Waals surface area contributed by atoms with Crippen LogP contribution >= 0.6 is 23.1 Å². The van der Waals surface area contributed by atoms with Crippen LogP contribution in [0.4, 0.5) is 5.00 Å². The third kappa shape index (κ3) is 3.76. The van der Waals surface area contributed by atoms with E-state index >= 15 is 0 Å². The second kappa shape index (κ2) is 7.64. The van der Waals surface area contributed by atoms with E-state index in [1.54, 1.807) is 11.3 Å². The van der Waals surface area contributed by atoms with Crippen molar-refractivity contribution in [2.24, 2.45) is 5.92 Å². The van der Waals surface area contributed by atoms with E-state index in [-0.39, 0.29) is 11.7 Å². The summed E-state index contributed by atoms with van der Waals surface area (Å²) in [7, 11) is 0. The molecule has 1 fully saturated rings. The second-order valence-corrected chi connectivity index (χ2v) is 9.41. The van der Waals surface area contributed by atoms with Gasteiger partial charge in [0.1, 0.15) is 16.9 Å². The van der Waals surface area contributed by atoms with Crippen molar-refractivity contribution in [2.45, 2.75) is 63.6 Å². The van der Waals surface area contributed by atoms with E-state index < -0.39 is 0 Å². The Hall–Kier alpha value is -1.85. The summed E-state index contributed by atoms with van der Waals surface area (Å²) in [5, 5.41) is 22.6. The van der Waals surface area contributed by atoms with Crippen LogP contribution in [-0.4, -0.2) is 26.4 Å². The molecule has 1 saturated carbocycles. The first-order chi connectivity index (χ1) is 13.1. The molecule has 2 aliphatic rings. The zero-order valence-electron chi connectivity index (χ0n) is 15.6. The van der Waals surface area contributed by atoms with E-state index in [0.29, 0.717) is 22.4 Å². The number of nitrogens with zero attached hydrogens (tertiary/aromatic N) is 4. The maximum absolute atomic E-state index is 12.5. The normalized spacial score (nSPS) is 18.8. The van der Waals surface area contributed by atoms with Crippen molar-refractivity contribution in [3.05, 3.63) is 21.8 Å². The summed E-state index contributed by atoms with van der Waals surface area (Å²) in [6.07, 6.45) is 5.41. The molecular weight excluding hydrogens is 378 g/mol. The Morgan fingerprint density at radius 1 is 1.41 bits per heavy atom. The molecule has 0 spiro atoms. The van der Waals surface area contributed by atoms with E-state index in [1.807, 2.05) is 0 Å². The molecule has 0 aliphatic heterocycles. The molecule has 0 aromatic carbocycles. The number of rotatable bonds is 6. The highest BCUT2D eigenvalue weighted by molar-refractivity contribution is 7.99. The van der Waals surface area contributed by atoms with Gasteiger partial charge in [0.05, 0.1) is 11.3 Å². The molecule has 1 amide bonds. The zero-order chi connectivity index (χ0) is 19.0. The van der Waals surface area contributed by atoms with Crippen LogP contribution in [0.25, 0.3) is 0 Å². The lowest BCUT2D eigenvalue weighted by molar-refractivity contribution is -0.113. The number of nitriles is 1. The average molecular weight is 402 g/mol. The topological polar surface area (TPSA) is 83.6 Å². The molecule has 1 atom stereocenters. The number of nitrogens with one attached hydrogen (secondary N) is 1. The maximum atomic E-state index is 12.5. The molecule has 0 unspecified atom stereocenters. The van der Waals surface area contributed by atoms with Gasteiger partial charge in [0.15, 0.2) is 5.16 Å². The Bertz CT molecular complexity index is 906. The van der Waals surface area contributed by atoms with Gasteiger partial charge in [-0.1, -0.05) is 18.7 Å². The summed E-state index contributed by atoms with van der Waals surface area (Å²) >= 11 is 2.98. The number of fused-ring (bicyclic) bond motifs is 1. The van der Waals surface area contributed by atoms with Gasteiger partial charge in [-0.2, -0.15) is 5.26 Å². The van der Waals surface area contributed by atoms with Gasteiger partial charge in [-0.15, -0.1) is 21.5 Å². The summed E-state index contributed by atoms with van der Waals surface area (Å²) in [6, 6.07) is 2.30. The van der Waals surface area contributed by atoms with Gasteiger partial charge in [-0.3, -0.25) is 4.79 Å². The monoisotopic (exact) mass is 401 g/mol. The quantitative estimate of drug-likeness (QED) is 0.741. The summed E-state index contributed by atoms with van der Waals surface area (Å²) in [4.78, 5) is 13.7. The molecule has 2 heterocycles. The van der Waals surface area contributed by atoms with Crippen LogP contribution in [0.1, 0.15) is 60.9 Å². The van der Waals surface area contributed by atoms with Crippen molar-refractivity contribution in [2.75, 3.05) is 11.1 Å². The van der Waals surface area contributed by atoms with Crippen LogP contribution in [0.3, 0.4) is 0 Å². The van der Waals surface area contributed by atoms with Crippen LogP contribution in [0.5, 0.6) is 0 Å². The summed E-state index contributed by atoms with van der Waals surface area (Å²) in [5.74, 6) is 2.41. The number of hydrogen-bond acceptors (Lipinski definition) is 6. The van der Waals surface area contributed by atoms with Crippen LogP contribution in [0, 0.1) is 17.2 Å². The van der Waals surface area contributed by atoms with Crippen molar-refractivity contribution in [1.82, 2.24) is 14.8 Å². The molecule has 2 aliphatic carbocycles. The number of carbonyl (C=O) groups excluding carboxylic acids is 1. The largest absolute Gasteiger partial charge is 0.316 e. The minimum atomic E-state index is -0.0956. The average Bonchev–Trinajstić information content (AvgIpc) is 3.32. The molecule has 1 N–H and O–H groups in total. The van der Waals surface area contributed by atoms with E-state index in [0.717, 1.165) is 42.4 Å². The van der Waals surface area contributed by atoms with Gasteiger partial charge >= 0.3 is 0 Å². The van der Waals surface area contributed by atoms with Crippen LogP contribution in [0.15, 0.2) is 5.16 Å². The number of anilines is 1. The highest BCUT2D eigenvalue weighted by atomic mass is 32.2. The molecule has 6 nitrogen and oxygen atoms in total. The third-order valence-corrected chi connectivity index (χ3v) is 7.35. The fourth-order valence-corrected chi connectivity index (χ4v) is 5.78. The molecule has 0 radical (unpaired) electrons. The number of carbonyl (C=O) groups is 1. The molecule has 0 bridgehead atoms. The van der Waals surface area contributed by atoms with E-state index in [9.17, 15) is 10.1 Å². The van der Waals surface area contributed by atoms with Gasteiger partial charge in [0.2, 0.25) is 5.91 Å². The first kappa shape index (κ1) is 18.5. The van der Waals surface area contributed by atoms with Gasteiger partial charge in [0.25, 0.3) is 0 Å². The summed E-state index contributed by atoms with van der Waals surface area (Å²) < 4.78 is 2.11. The van der Waals surface area contributed by atoms with Gasteiger partial charge in [-0.05, 0) is 50.5 Å². The molecule has 4 rings (SSSR count). The lowest BCUT2D eigenvalue weighted by atomic mass is 9.89. The van der Waals surface area contributed by atoms with E-state index in [4.69, 9.17) is 0 Å². The second-order valence-electron chi connectivity index (χ2n) is 7.36. The molecule has 2 aromatic heterocycles. The highest BCUT2D eigenvalue weighted by Crippen LogP contribution is 2.40. The molecule has 8 heteroatoms. The first-order valence-corrected chi connectivity index (χ1v) is 11.3. The lowest BCUT2D eigenvalue weighted by Gasteiger charge is -2.17. The van der Waals surface area contributed by atoms with Crippen LogP contribution in [-0.2, 0) is 24.2 Å². The predicted molar refractivity (Wildman–Crippen MR) is 107 cm³/mol. The zero-order valence-corrected chi connectivity index (χ0v) is 17.3. The van der Waals surface area contributed by atoms with E-state index in [2.05, 4.69) is 40.0 Å². The maximum Gasteiger partial charge on any atom is 0.235 e. The smallest absolute Gasteiger partial charge is 0.235 e. The SMILES string of the molecule is CCn1c(SCC(=O)Nc2sc3c(c2C#N)CC[C@H](C)C3)nnc1C1CC1. The van der Waals surface area contributed by atoms with Gasteiger partial charge in [-0.25, -0.2) is 0 Å². The van der Waals surface area contributed by atoms with E-state index in [1.165, 1.54) is 29.5 Å². The van der Waals surface area contributed by atoms with Crippen LogP contribution < -0.4 is 5.32 Å². The Morgan fingerprint density at radius 2 is 2.22 bits per heavy atom. The number of thioether (sulfide) groups is 1. The standard InChI is InChI=1S/C19H23N5OS2/c1-3-24-17(12-5-6-12)22-23-19(24)26-10-16(25)21-18-14(9-20)13-7-4-11(2)8-15(13)27-18/h11-12H,3-8,10H2,1-2H3,(H,21,25)/t11-/m0/s1. The fourth-order valence-electron chi connectivity index (χ4n) is 3.60. The Morgan fingerprint density at radius 3 is 2.93 bits per heavy atom. The number of amides is 1. The minimum absolute atomic E-state index is 0.0956. The number of hydrogen-bond donors (Lipinski definition) is 1. The molecule has 0 saturated heterocycles. The number of thiophene rings is 1. The predicted octanol–water partition coefficient (Wildman–Crippen LogP) is 3.96. The Balaban J connectivity index is 1.42. The highest BCUT2D eigenvalue weighted by Gasteiger charge is 2.30. The van der Waals surface area contributed by atoms with Gasteiger partial charge in [0, 0.05) is 17.3 Å². The van der Waals surface area contributed by atoms with Crippen molar-refractivity contribution < 1.29 is 4.79 Å². The summed E-state index contributed by atoms with van der Waals surface area (Å²) in [5.41, 5.74) is 1.80. The Kier molecular flexibility index (Phi) is 5.24. The van der Waals surface area contributed by atoms with Crippen molar-refractivity contribution in [3.63, 3.8) is 0 Å². The fraction of sp³-hybridized carbons (Fsp3) is 0.579. The van der Waals surface area contributed by atoms with Crippen molar-refractivity contribution in [1.29, 1.82) is 5.26 Å².